The van der Waals surface area contributed by atoms with E-state index in [2.05, 4.69) is 22.5 Å². The molecule has 0 N–H and O–H groups in total. The lowest BCUT2D eigenvalue weighted by atomic mass is 10.2. The first kappa shape index (κ1) is 11.7. The van der Waals surface area contributed by atoms with Crippen LogP contribution in [0, 0.1) is 17.1 Å². The summed E-state index contributed by atoms with van der Waals surface area (Å²) in [5.74, 6) is -0.365. The maximum absolute atomic E-state index is 13.3. The first-order chi connectivity index (χ1) is 7.04. The second kappa shape index (κ2) is 4.94. The summed E-state index contributed by atoms with van der Waals surface area (Å²) < 4.78 is 19.1. The Hall–Kier alpha value is -1.34. The first-order valence-corrected chi connectivity index (χ1v) is 5.00. The van der Waals surface area contributed by atoms with E-state index in [0.717, 1.165) is 5.57 Å². The van der Waals surface area contributed by atoms with E-state index in [0.29, 0.717) is 4.47 Å². The van der Waals surface area contributed by atoms with Crippen LogP contribution in [0.2, 0.25) is 0 Å². The fourth-order valence-corrected chi connectivity index (χ4v) is 1.38. The number of rotatable bonds is 3. The van der Waals surface area contributed by atoms with Gasteiger partial charge >= 0.3 is 0 Å². The molecule has 0 aromatic heterocycles. The van der Waals surface area contributed by atoms with Gasteiger partial charge in [0.15, 0.2) is 0 Å². The van der Waals surface area contributed by atoms with Gasteiger partial charge in [-0.25, -0.2) is 4.39 Å². The Labute approximate surface area is 96.1 Å². The molecule has 15 heavy (non-hydrogen) atoms. The number of nitriles is 1. The molecule has 0 aliphatic carbocycles. The van der Waals surface area contributed by atoms with Gasteiger partial charge in [0.25, 0.3) is 0 Å². The van der Waals surface area contributed by atoms with Gasteiger partial charge in [-0.2, -0.15) is 5.26 Å². The molecule has 78 valence electrons. The predicted octanol–water partition coefficient (Wildman–Crippen LogP) is 3.41. The third kappa shape index (κ3) is 3.07. The molecule has 0 saturated carbocycles. The molecule has 0 unspecified atom stereocenters. The van der Waals surface area contributed by atoms with Crippen LogP contribution in [-0.2, 0) is 0 Å². The Bertz CT molecular complexity index is 437. The van der Waals surface area contributed by atoms with Crippen LogP contribution in [-0.4, -0.2) is 6.61 Å². The zero-order valence-corrected chi connectivity index (χ0v) is 9.77. The molecule has 1 aromatic rings. The van der Waals surface area contributed by atoms with Crippen molar-refractivity contribution < 1.29 is 9.13 Å². The van der Waals surface area contributed by atoms with Crippen LogP contribution < -0.4 is 4.74 Å². The van der Waals surface area contributed by atoms with Crippen molar-refractivity contribution in [2.24, 2.45) is 0 Å². The van der Waals surface area contributed by atoms with Crippen molar-refractivity contribution in [2.45, 2.75) is 6.92 Å². The molecule has 0 fully saturated rings. The van der Waals surface area contributed by atoms with Crippen LogP contribution in [0.4, 0.5) is 4.39 Å². The van der Waals surface area contributed by atoms with Crippen molar-refractivity contribution >= 4 is 15.9 Å². The molecule has 1 aromatic carbocycles. The van der Waals surface area contributed by atoms with Crippen LogP contribution in [0.3, 0.4) is 0 Å². The summed E-state index contributed by atoms with van der Waals surface area (Å²) in [5.41, 5.74) is 0.721. The average Bonchev–Trinajstić information content (AvgIpc) is 2.13. The van der Waals surface area contributed by atoms with E-state index in [1.807, 2.05) is 0 Å². The van der Waals surface area contributed by atoms with Crippen molar-refractivity contribution in [3.8, 4) is 11.8 Å². The molecule has 0 radical (unpaired) electrons. The standard InChI is InChI=1S/C11H9BrFNO/c1-7(2)6-15-11-4-8(12)3-10(13)9(11)5-14/h3-4H,1,6H2,2H3. The molecule has 0 saturated heterocycles. The van der Waals surface area contributed by atoms with Crippen LogP contribution in [0.1, 0.15) is 12.5 Å². The van der Waals surface area contributed by atoms with Gasteiger partial charge in [-0.1, -0.05) is 22.5 Å². The van der Waals surface area contributed by atoms with Gasteiger partial charge < -0.3 is 4.74 Å². The summed E-state index contributed by atoms with van der Waals surface area (Å²) >= 11 is 3.13. The van der Waals surface area contributed by atoms with Gasteiger partial charge in [0.1, 0.15) is 29.8 Å². The number of hydrogen-bond acceptors (Lipinski definition) is 2. The molecule has 0 atom stereocenters. The molecule has 0 aliphatic heterocycles. The van der Waals surface area contributed by atoms with E-state index >= 15 is 0 Å². The van der Waals surface area contributed by atoms with Gasteiger partial charge in [0, 0.05) is 4.47 Å². The molecular weight excluding hydrogens is 261 g/mol. The van der Waals surface area contributed by atoms with Gasteiger partial charge in [-0.05, 0) is 24.6 Å². The van der Waals surface area contributed by atoms with Crippen molar-refractivity contribution in [1.82, 2.24) is 0 Å². The number of halogens is 2. The van der Waals surface area contributed by atoms with Crippen molar-refractivity contribution in [1.29, 1.82) is 5.26 Å². The lowest BCUT2D eigenvalue weighted by molar-refractivity contribution is 0.349. The van der Waals surface area contributed by atoms with E-state index in [-0.39, 0.29) is 17.9 Å². The minimum atomic E-state index is -0.594. The highest BCUT2D eigenvalue weighted by atomic mass is 79.9. The van der Waals surface area contributed by atoms with E-state index in [9.17, 15) is 4.39 Å². The second-order valence-corrected chi connectivity index (χ2v) is 4.03. The highest BCUT2D eigenvalue weighted by molar-refractivity contribution is 9.10. The average molecular weight is 270 g/mol. The Balaban J connectivity index is 3.05. The quantitative estimate of drug-likeness (QED) is 0.788. The van der Waals surface area contributed by atoms with Gasteiger partial charge in [0.2, 0.25) is 0 Å². The van der Waals surface area contributed by atoms with Crippen LogP contribution in [0.15, 0.2) is 28.8 Å². The number of nitrogens with zero attached hydrogens (tertiary/aromatic N) is 1. The molecule has 2 nitrogen and oxygen atoms in total. The normalized spacial score (nSPS) is 9.47. The fourth-order valence-electron chi connectivity index (χ4n) is 0.973. The molecule has 0 aliphatic rings. The molecule has 0 spiro atoms. The van der Waals surface area contributed by atoms with Crippen molar-refractivity contribution in [2.75, 3.05) is 6.61 Å². The third-order valence-corrected chi connectivity index (χ3v) is 2.06. The van der Waals surface area contributed by atoms with E-state index < -0.39 is 5.82 Å². The lowest BCUT2D eigenvalue weighted by Gasteiger charge is -2.08. The van der Waals surface area contributed by atoms with Crippen molar-refractivity contribution in [3.05, 3.63) is 40.1 Å². The molecule has 4 heteroatoms. The summed E-state index contributed by atoms with van der Waals surface area (Å²) in [6, 6.07) is 4.55. The molecular formula is C11H9BrFNO. The highest BCUT2D eigenvalue weighted by Crippen LogP contribution is 2.26. The Kier molecular flexibility index (Phi) is 3.87. The van der Waals surface area contributed by atoms with E-state index in [1.165, 1.54) is 6.07 Å². The smallest absolute Gasteiger partial charge is 0.145 e. The Morgan fingerprint density at radius 1 is 1.67 bits per heavy atom. The fraction of sp³-hybridized carbons (Fsp3) is 0.182. The highest BCUT2D eigenvalue weighted by Gasteiger charge is 2.11. The summed E-state index contributed by atoms with van der Waals surface area (Å²) in [6.07, 6.45) is 0. The van der Waals surface area contributed by atoms with E-state index in [4.69, 9.17) is 10.00 Å². The minimum absolute atomic E-state index is 0.0838. The summed E-state index contributed by atoms with van der Waals surface area (Å²) in [6.45, 7) is 5.72. The zero-order valence-electron chi connectivity index (χ0n) is 8.18. The minimum Gasteiger partial charge on any atom is -0.488 e. The number of benzene rings is 1. The largest absolute Gasteiger partial charge is 0.488 e. The predicted molar refractivity (Wildman–Crippen MR) is 59.1 cm³/mol. The Morgan fingerprint density at radius 2 is 2.33 bits per heavy atom. The summed E-state index contributed by atoms with van der Waals surface area (Å²) in [7, 11) is 0. The first-order valence-electron chi connectivity index (χ1n) is 4.21. The summed E-state index contributed by atoms with van der Waals surface area (Å²) in [4.78, 5) is 0. The topological polar surface area (TPSA) is 33.0 Å². The van der Waals surface area contributed by atoms with Gasteiger partial charge in [-0.15, -0.1) is 0 Å². The van der Waals surface area contributed by atoms with Crippen LogP contribution >= 0.6 is 15.9 Å². The molecule has 1 rings (SSSR count). The monoisotopic (exact) mass is 269 g/mol. The molecule has 0 amide bonds. The number of hydrogen-bond donors (Lipinski definition) is 0. The number of ether oxygens (including phenoxy) is 1. The van der Waals surface area contributed by atoms with Gasteiger partial charge in [0.05, 0.1) is 0 Å². The van der Waals surface area contributed by atoms with Crippen molar-refractivity contribution in [3.63, 3.8) is 0 Å². The SMILES string of the molecule is C=C(C)COc1cc(Br)cc(F)c1C#N. The Morgan fingerprint density at radius 3 is 2.87 bits per heavy atom. The maximum Gasteiger partial charge on any atom is 0.145 e. The van der Waals surface area contributed by atoms with Crippen LogP contribution in [0.5, 0.6) is 5.75 Å². The molecule has 0 bridgehead atoms. The van der Waals surface area contributed by atoms with E-state index in [1.54, 1.807) is 19.1 Å². The lowest BCUT2D eigenvalue weighted by Crippen LogP contribution is -2.01. The second-order valence-electron chi connectivity index (χ2n) is 3.12. The zero-order chi connectivity index (χ0) is 11.4. The summed E-state index contributed by atoms with van der Waals surface area (Å²) in [5, 5.41) is 8.75. The third-order valence-electron chi connectivity index (χ3n) is 1.60. The van der Waals surface area contributed by atoms with Gasteiger partial charge in [-0.3, -0.25) is 0 Å². The maximum atomic E-state index is 13.3. The van der Waals surface area contributed by atoms with Crippen LogP contribution in [0.25, 0.3) is 0 Å². The molecule has 0 heterocycles.